The van der Waals surface area contributed by atoms with Gasteiger partial charge in [-0.25, -0.2) is 4.79 Å². The number of aliphatic carboxylic acids is 1. The first kappa shape index (κ1) is 15.9. The van der Waals surface area contributed by atoms with Crippen LogP contribution in [-0.2, 0) is 15.1 Å². The highest BCUT2D eigenvalue weighted by Gasteiger charge is 2.41. The first-order chi connectivity index (χ1) is 10.1. The fourth-order valence-electron chi connectivity index (χ4n) is 2.84. The van der Waals surface area contributed by atoms with Crippen LogP contribution >= 0.6 is 0 Å². The summed E-state index contributed by atoms with van der Waals surface area (Å²) in [5.41, 5.74) is -0.309. The van der Waals surface area contributed by atoms with Crippen molar-refractivity contribution >= 4 is 5.97 Å². The van der Waals surface area contributed by atoms with Gasteiger partial charge in [0.05, 0.1) is 12.7 Å². The highest BCUT2D eigenvalue weighted by Crippen LogP contribution is 2.24. The van der Waals surface area contributed by atoms with Gasteiger partial charge < -0.3 is 15.2 Å². The van der Waals surface area contributed by atoms with E-state index < -0.39 is 11.5 Å². The number of morpholine rings is 1. The molecule has 1 aromatic rings. The number of rotatable bonds is 6. The summed E-state index contributed by atoms with van der Waals surface area (Å²) < 4.78 is 5.66. The number of hydrogen-bond acceptors (Lipinski definition) is 4. The number of ether oxygens (including phenoxy) is 1. The molecular formula is C16H24N2O3. The van der Waals surface area contributed by atoms with Crippen molar-refractivity contribution in [1.82, 2.24) is 10.2 Å². The van der Waals surface area contributed by atoms with Crippen molar-refractivity contribution in [3.8, 4) is 0 Å². The molecule has 1 fully saturated rings. The summed E-state index contributed by atoms with van der Waals surface area (Å²) in [6.07, 6.45) is 1.14. The molecular weight excluding hydrogens is 268 g/mol. The molecule has 0 spiro atoms. The van der Waals surface area contributed by atoms with Crippen molar-refractivity contribution in [1.29, 1.82) is 0 Å². The predicted molar refractivity (Wildman–Crippen MR) is 81.3 cm³/mol. The minimum absolute atomic E-state index is 0.192. The van der Waals surface area contributed by atoms with Gasteiger partial charge in [-0.15, -0.1) is 0 Å². The third-order valence-corrected chi connectivity index (χ3v) is 4.20. The second-order valence-electron chi connectivity index (χ2n) is 5.46. The van der Waals surface area contributed by atoms with Crippen molar-refractivity contribution in [3.63, 3.8) is 0 Å². The van der Waals surface area contributed by atoms with E-state index in [9.17, 15) is 9.90 Å². The molecule has 2 N–H and O–H groups in total. The number of likely N-dealkylation sites (N-methyl/N-ethyl adjacent to an activating group) is 1. The number of hydrogen-bond donors (Lipinski definition) is 2. The van der Waals surface area contributed by atoms with Crippen LogP contribution in [0.1, 0.15) is 18.9 Å². The lowest BCUT2D eigenvalue weighted by atomic mass is 9.89. The molecule has 0 radical (unpaired) electrons. The van der Waals surface area contributed by atoms with E-state index in [1.807, 2.05) is 30.3 Å². The van der Waals surface area contributed by atoms with Crippen LogP contribution in [0.4, 0.5) is 0 Å². The second-order valence-corrected chi connectivity index (χ2v) is 5.46. The van der Waals surface area contributed by atoms with Crippen LogP contribution in [-0.4, -0.2) is 55.4 Å². The Hall–Kier alpha value is -1.43. The second kappa shape index (κ2) is 7.02. The number of nitrogens with one attached hydrogen (secondary N) is 1. The van der Waals surface area contributed by atoms with Gasteiger partial charge >= 0.3 is 5.97 Å². The Morgan fingerprint density at radius 2 is 2.19 bits per heavy atom. The Bertz CT molecular complexity index is 466. The fourth-order valence-corrected chi connectivity index (χ4v) is 2.84. The van der Waals surface area contributed by atoms with Crippen molar-refractivity contribution in [2.45, 2.75) is 25.0 Å². The van der Waals surface area contributed by atoms with Crippen LogP contribution in [0.2, 0.25) is 0 Å². The lowest BCUT2D eigenvalue weighted by Crippen LogP contribution is -2.57. The SMILES string of the molecule is CCC1CN(CC(NC)(C(=O)O)c2ccccc2)CCO1. The number of carboxylic acids is 1. The summed E-state index contributed by atoms with van der Waals surface area (Å²) in [7, 11) is 1.71. The lowest BCUT2D eigenvalue weighted by molar-refractivity contribution is -0.147. The zero-order valence-electron chi connectivity index (χ0n) is 12.7. The third-order valence-electron chi connectivity index (χ3n) is 4.20. The van der Waals surface area contributed by atoms with Gasteiger partial charge in [0.1, 0.15) is 0 Å². The van der Waals surface area contributed by atoms with Gasteiger partial charge in [-0.1, -0.05) is 37.3 Å². The monoisotopic (exact) mass is 292 g/mol. The molecule has 0 amide bonds. The molecule has 2 unspecified atom stereocenters. The van der Waals surface area contributed by atoms with Crippen LogP contribution < -0.4 is 5.32 Å². The summed E-state index contributed by atoms with van der Waals surface area (Å²) >= 11 is 0. The average Bonchev–Trinajstić information content (AvgIpc) is 2.53. The Kier molecular flexibility index (Phi) is 5.33. The quantitative estimate of drug-likeness (QED) is 0.827. The maximum atomic E-state index is 12.0. The van der Waals surface area contributed by atoms with E-state index in [0.29, 0.717) is 13.2 Å². The fraction of sp³-hybridized carbons (Fsp3) is 0.562. The molecule has 5 heteroatoms. The van der Waals surface area contributed by atoms with Gasteiger partial charge in [0, 0.05) is 19.6 Å². The van der Waals surface area contributed by atoms with Crippen LogP contribution in [0.5, 0.6) is 0 Å². The highest BCUT2D eigenvalue weighted by atomic mass is 16.5. The topological polar surface area (TPSA) is 61.8 Å². The number of nitrogens with zero attached hydrogens (tertiary/aromatic N) is 1. The molecule has 1 heterocycles. The zero-order chi connectivity index (χ0) is 15.3. The summed E-state index contributed by atoms with van der Waals surface area (Å²) in [5.74, 6) is -0.851. The molecule has 1 aliphatic heterocycles. The maximum absolute atomic E-state index is 12.0. The van der Waals surface area contributed by atoms with Gasteiger partial charge in [-0.3, -0.25) is 4.90 Å². The van der Waals surface area contributed by atoms with Gasteiger partial charge in [0.2, 0.25) is 0 Å². The van der Waals surface area contributed by atoms with E-state index in [-0.39, 0.29) is 6.10 Å². The van der Waals surface area contributed by atoms with Crippen LogP contribution in [0.15, 0.2) is 30.3 Å². The average molecular weight is 292 g/mol. The summed E-state index contributed by atoms with van der Waals surface area (Å²) in [5, 5.41) is 12.8. The smallest absolute Gasteiger partial charge is 0.329 e. The van der Waals surface area contributed by atoms with Gasteiger partial charge in [0.25, 0.3) is 0 Å². The van der Waals surface area contributed by atoms with E-state index in [4.69, 9.17) is 4.74 Å². The summed E-state index contributed by atoms with van der Waals surface area (Å²) in [4.78, 5) is 14.1. The molecule has 2 atom stereocenters. The molecule has 1 saturated heterocycles. The molecule has 0 aliphatic carbocycles. The summed E-state index contributed by atoms with van der Waals surface area (Å²) in [6, 6.07) is 9.37. The van der Waals surface area contributed by atoms with Crippen LogP contribution in [0, 0.1) is 0 Å². The lowest BCUT2D eigenvalue weighted by Gasteiger charge is -2.39. The van der Waals surface area contributed by atoms with Crippen molar-refractivity contribution < 1.29 is 14.6 Å². The van der Waals surface area contributed by atoms with E-state index in [0.717, 1.165) is 25.1 Å². The number of benzene rings is 1. The molecule has 5 nitrogen and oxygen atoms in total. The largest absolute Gasteiger partial charge is 0.480 e. The van der Waals surface area contributed by atoms with Crippen molar-refractivity contribution in [3.05, 3.63) is 35.9 Å². The van der Waals surface area contributed by atoms with E-state index in [1.165, 1.54) is 0 Å². The number of carboxylic acid groups (broad SMARTS) is 1. The minimum Gasteiger partial charge on any atom is -0.480 e. The molecule has 116 valence electrons. The minimum atomic E-state index is -1.09. The van der Waals surface area contributed by atoms with Gasteiger partial charge in [-0.05, 0) is 19.0 Å². The number of carbonyl (C=O) groups is 1. The Balaban J connectivity index is 2.23. The summed E-state index contributed by atoms with van der Waals surface area (Å²) in [6.45, 7) is 4.73. The Morgan fingerprint density at radius 3 is 2.76 bits per heavy atom. The van der Waals surface area contributed by atoms with Gasteiger partial charge in [0.15, 0.2) is 5.54 Å². The van der Waals surface area contributed by atoms with E-state index in [1.54, 1.807) is 7.05 Å². The van der Waals surface area contributed by atoms with E-state index in [2.05, 4.69) is 17.1 Å². The molecule has 1 aliphatic rings. The van der Waals surface area contributed by atoms with Gasteiger partial charge in [-0.2, -0.15) is 0 Å². The Morgan fingerprint density at radius 1 is 1.48 bits per heavy atom. The maximum Gasteiger partial charge on any atom is 0.329 e. The molecule has 2 rings (SSSR count). The van der Waals surface area contributed by atoms with Crippen molar-refractivity contribution in [2.75, 3.05) is 33.3 Å². The predicted octanol–water partition coefficient (Wildman–Crippen LogP) is 1.30. The van der Waals surface area contributed by atoms with Crippen LogP contribution in [0.3, 0.4) is 0 Å². The van der Waals surface area contributed by atoms with Crippen molar-refractivity contribution in [2.24, 2.45) is 0 Å². The first-order valence-corrected chi connectivity index (χ1v) is 7.44. The van der Waals surface area contributed by atoms with E-state index >= 15 is 0 Å². The first-order valence-electron chi connectivity index (χ1n) is 7.44. The Labute approximate surface area is 125 Å². The highest BCUT2D eigenvalue weighted by molar-refractivity contribution is 5.81. The molecule has 21 heavy (non-hydrogen) atoms. The molecule has 0 bridgehead atoms. The standard InChI is InChI=1S/C16H24N2O3/c1-3-14-11-18(9-10-21-14)12-16(17-2,15(19)20)13-7-5-4-6-8-13/h4-8,14,17H,3,9-12H2,1-2H3,(H,19,20). The zero-order valence-corrected chi connectivity index (χ0v) is 12.7. The van der Waals surface area contributed by atoms with Crippen LogP contribution in [0.25, 0.3) is 0 Å². The molecule has 0 aromatic heterocycles. The third kappa shape index (κ3) is 3.43. The molecule has 0 saturated carbocycles. The molecule has 1 aromatic carbocycles. The normalized spacial score (nSPS) is 22.7.